The normalized spacial score (nSPS) is 19.3. The second kappa shape index (κ2) is 10.2. The van der Waals surface area contributed by atoms with Gasteiger partial charge in [-0.25, -0.2) is 4.39 Å². The third kappa shape index (κ3) is 6.01. The van der Waals surface area contributed by atoms with Gasteiger partial charge in [-0.1, -0.05) is 0 Å². The lowest BCUT2D eigenvalue weighted by molar-refractivity contribution is -0.120. The Balaban J connectivity index is 1.33. The van der Waals surface area contributed by atoms with Gasteiger partial charge in [-0.2, -0.15) is 4.98 Å². The van der Waals surface area contributed by atoms with Crippen LogP contribution >= 0.6 is 0 Å². The van der Waals surface area contributed by atoms with Crippen LogP contribution in [0.15, 0.2) is 42.5 Å². The maximum atomic E-state index is 13.1. The number of aromatic nitrogens is 2. The first-order valence-electron chi connectivity index (χ1n) is 11.3. The number of hydrogen-bond acceptors (Lipinski definition) is 5. The van der Waals surface area contributed by atoms with E-state index in [-0.39, 0.29) is 30.0 Å². The molecule has 1 amide bonds. The van der Waals surface area contributed by atoms with Crippen molar-refractivity contribution >= 4 is 16.9 Å². The highest BCUT2D eigenvalue weighted by molar-refractivity contribution is 5.78. The first-order chi connectivity index (χ1) is 15.9. The Morgan fingerprint density at radius 1 is 1.12 bits per heavy atom. The molecule has 1 aromatic heterocycles. The Morgan fingerprint density at radius 3 is 2.48 bits per heavy atom. The summed E-state index contributed by atoms with van der Waals surface area (Å²) in [4.78, 5) is 15.8. The average molecular weight is 456 g/mol. The lowest BCUT2D eigenvalue weighted by Gasteiger charge is -2.29. The van der Waals surface area contributed by atoms with Crippen LogP contribution in [0.3, 0.4) is 0 Å². The van der Waals surface area contributed by atoms with E-state index in [1.165, 1.54) is 19.1 Å². The van der Waals surface area contributed by atoms with Crippen LogP contribution in [-0.4, -0.2) is 40.3 Å². The lowest BCUT2D eigenvalue weighted by atomic mass is 9.95. The van der Waals surface area contributed by atoms with E-state index in [4.69, 9.17) is 14.2 Å². The molecule has 0 unspecified atom stereocenters. The van der Waals surface area contributed by atoms with Crippen molar-refractivity contribution in [2.75, 3.05) is 6.61 Å². The highest BCUT2D eigenvalue weighted by atomic mass is 19.1. The summed E-state index contributed by atoms with van der Waals surface area (Å²) in [5.41, 5.74) is 1.72. The molecule has 1 saturated carbocycles. The Bertz CT molecular complexity index is 1090. The van der Waals surface area contributed by atoms with Crippen molar-refractivity contribution < 1.29 is 23.4 Å². The van der Waals surface area contributed by atoms with Gasteiger partial charge in [-0.3, -0.25) is 9.36 Å². The fraction of sp³-hybridized carbons (Fsp3) is 0.440. The monoisotopic (exact) mass is 455 g/mol. The van der Waals surface area contributed by atoms with Crippen LogP contribution in [0.5, 0.6) is 17.5 Å². The van der Waals surface area contributed by atoms with Crippen molar-refractivity contribution in [3.05, 3.63) is 48.3 Å². The van der Waals surface area contributed by atoms with Crippen LogP contribution in [-0.2, 0) is 16.6 Å². The summed E-state index contributed by atoms with van der Waals surface area (Å²) in [5.74, 6) is 0.876. The maximum absolute atomic E-state index is 13.1. The lowest BCUT2D eigenvalue weighted by Crippen LogP contribution is -2.37. The van der Waals surface area contributed by atoms with E-state index in [9.17, 15) is 9.18 Å². The van der Waals surface area contributed by atoms with Crippen molar-refractivity contribution in [2.45, 2.75) is 57.8 Å². The van der Waals surface area contributed by atoms with E-state index in [1.54, 1.807) is 12.1 Å². The summed E-state index contributed by atoms with van der Waals surface area (Å²) in [6, 6.07) is 12.1. The standard InChI is InChI=1S/C25H30FN3O4/c1-16(27-17(2)30)15-31-19-8-10-21(11-9-19)33-25-28-23-13-12-22(14-24(23)29(25)3)32-20-6-4-18(26)5-7-20/h4-7,12-14,16,19,21H,8-11,15H2,1-3H3,(H,27,30)/t16-,19?,21?/m0/s1. The van der Waals surface area contributed by atoms with Crippen LogP contribution < -0.4 is 14.8 Å². The Morgan fingerprint density at radius 2 is 1.79 bits per heavy atom. The largest absolute Gasteiger partial charge is 0.461 e. The summed E-state index contributed by atoms with van der Waals surface area (Å²) in [6.07, 6.45) is 3.88. The Hall–Kier alpha value is -3.13. The summed E-state index contributed by atoms with van der Waals surface area (Å²) >= 11 is 0. The number of fused-ring (bicyclic) bond motifs is 1. The minimum atomic E-state index is -0.300. The zero-order valence-electron chi connectivity index (χ0n) is 19.2. The van der Waals surface area contributed by atoms with Gasteiger partial charge in [0, 0.05) is 26.1 Å². The van der Waals surface area contributed by atoms with E-state index >= 15 is 0 Å². The van der Waals surface area contributed by atoms with Gasteiger partial charge in [0.2, 0.25) is 5.91 Å². The van der Waals surface area contributed by atoms with Gasteiger partial charge in [0.1, 0.15) is 23.4 Å². The Kier molecular flexibility index (Phi) is 7.13. The molecule has 0 spiro atoms. The molecule has 1 aliphatic rings. The average Bonchev–Trinajstić information content (AvgIpc) is 3.09. The van der Waals surface area contributed by atoms with Crippen LogP contribution in [0.1, 0.15) is 39.5 Å². The second-order valence-corrected chi connectivity index (χ2v) is 8.61. The van der Waals surface area contributed by atoms with Crippen LogP contribution in [0.2, 0.25) is 0 Å². The molecule has 3 aromatic rings. The first-order valence-corrected chi connectivity index (χ1v) is 11.3. The minimum Gasteiger partial charge on any atom is -0.461 e. The number of rotatable bonds is 8. The second-order valence-electron chi connectivity index (χ2n) is 8.61. The van der Waals surface area contributed by atoms with Crippen molar-refractivity contribution in [1.82, 2.24) is 14.9 Å². The summed E-state index contributed by atoms with van der Waals surface area (Å²) < 4.78 is 33.1. The highest BCUT2D eigenvalue weighted by Crippen LogP contribution is 2.30. The molecule has 1 fully saturated rings. The third-order valence-corrected chi connectivity index (χ3v) is 5.79. The number of imidazole rings is 1. The van der Waals surface area contributed by atoms with Gasteiger partial charge >= 0.3 is 0 Å². The van der Waals surface area contributed by atoms with E-state index in [0.29, 0.717) is 24.1 Å². The molecule has 0 bridgehead atoms. The van der Waals surface area contributed by atoms with Crippen molar-refractivity contribution in [1.29, 1.82) is 0 Å². The van der Waals surface area contributed by atoms with E-state index in [0.717, 1.165) is 36.7 Å². The molecule has 1 atom stereocenters. The smallest absolute Gasteiger partial charge is 0.297 e. The van der Waals surface area contributed by atoms with Crippen LogP contribution in [0.4, 0.5) is 4.39 Å². The Labute approximate surface area is 192 Å². The first kappa shape index (κ1) is 23.0. The molecule has 4 rings (SSSR count). The minimum absolute atomic E-state index is 0.00778. The van der Waals surface area contributed by atoms with Crippen molar-refractivity contribution in [2.24, 2.45) is 7.05 Å². The molecule has 176 valence electrons. The molecule has 2 aromatic carbocycles. The van der Waals surface area contributed by atoms with Gasteiger partial charge < -0.3 is 19.5 Å². The predicted octanol–water partition coefficient (Wildman–Crippen LogP) is 4.74. The molecule has 1 heterocycles. The predicted molar refractivity (Wildman–Crippen MR) is 123 cm³/mol. The third-order valence-electron chi connectivity index (χ3n) is 5.79. The fourth-order valence-electron chi connectivity index (χ4n) is 4.09. The van der Waals surface area contributed by atoms with Gasteiger partial charge in [0.25, 0.3) is 6.01 Å². The maximum Gasteiger partial charge on any atom is 0.297 e. The quantitative estimate of drug-likeness (QED) is 0.531. The van der Waals surface area contributed by atoms with Gasteiger partial charge in [0.05, 0.1) is 23.7 Å². The molecule has 7 nitrogen and oxygen atoms in total. The molecular formula is C25H30FN3O4. The molecule has 33 heavy (non-hydrogen) atoms. The van der Waals surface area contributed by atoms with Crippen LogP contribution in [0.25, 0.3) is 11.0 Å². The number of carbonyl (C=O) groups excluding carboxylic acids is 1. The summed E-state index contributed by atoms with van der Waals surface area (Å²) in [7, 11) is 1.92. The topological polar surface area (TPSA) is 74.6 Å². The number of hydrogen-bond donors (Lipinski definition) is 1. The fourth-order valence-corrected chi connectivity index (χ4v) is 4.09. The number of benzene rings is 2. The number of carbonyl (C=O) groups is 1. The number of amides is 1. The zero-order valence-corrected chi connectivity index (χ0v) is 19.2. The highest BCUT2D eigenvalue weighted by Gasteiger charge is 2.25. The zero-order chi connectivity index (χ0) is 23.4. The number of nitrogens with zero attached hydrogens (tertiary/aromatic N) is 2. The molecule has 0 aliphatic heterocycles. The van der Waals surface area contributed by atoms with E-state index in [1.807, 2.05) is 36.7 Å². The van der Waals surface area contributed by atoms with Crippen molar-refractivity contribution in [3.8, 4) is 17.5 Å². The number of halogens is 1. The SMILES string of the molecule is CC(=O)N[C@@H](C)COC1CCC(Oc2nc3ccc(Oc4ccc(F)cc4)cc3n2C)CC1. The van der Waals surface area contributed by atoms with Gasteiger partial charge in [-0.15, -0.1) is 0 Å². The van der Waals surface area contributed by atoms with Crippen molar-refractivity contribution in [3.63, 3.8) is 0 Å². The molecule has 8 heteroatoms. The molecule has 1 aliphatic carbocycles. The summed E-state index contributed by atoms with van der Waals surface area (Å²) in [6.45, 7) is 3.97. The molecule has 0 radical (unpaired) electrons. The molecule has 1 N–H and O–H groups in total. The number of ether oxygens (including phenoxy) is 3. The van der Waals surface area contributed by atoms with E-state index < -0.39 is 0 Å². The van der Waals surface area contributed by atoms with Gasteiger partial charge in [0.15, 0.2) is 0 Å². The molecule has 0 saturated heterocycles. The van der Waals surface area contributed by atoms with E-state index in [2.05, 4.69) is 10.3 Å². The molecular weight excluding hydrogens is 425 g/mol. The summed E-state index contributed by atoms with van der Waals surface area (Å²) in [5, 5.41) is 2.84. The number of aryl methyl sites for hydroxylation is 1. The number of nitrogens with one attached hydrogen (secondary N) is 1. The van der Waals surface area contributed by atoms with Crippen LogP contribution in [0, 0.1) is 5.82 Å². The van der Waals surface area contributed by atoms with Gasteiger partial charge in [-0.05, 0) is 69.0 Å².